The molecule has 1 aromatic carbocycles. The molecule has 110 valence electrons. The van der Waals surface area contributed by atoms with E-state index >= 15 is 0 Å². The van der Waals surface area contributed by atoms with Crippen molar-refractivity contribution in [3.05, 3.63) is 33.9 Å². The monoisotopic (exact) mass is 290 g/mol. The molecule has 2 N–H and O–H groups in total. The summed E-state index contributed by atoms with van der Waals surface area (Å²) in [6.45, 7) is 0. The molecule has 2 atom stereocenters. The highest BCUT2D eigenvalue weighted by Crippen LogP contribution is 2.37. The lowest BCUT2D eigenvalue weighted by molar-refractivity contribution is -0.386. The number of nitro benzene ring substituents is 1. The molecule has 1 saturated carbocycles. The van der Waals surface area contributed by atoms with Crippen molar-refractivity contribution in [3.63, 3.8) is 0 Å². The highest BCUT2D eigenvalue weighted by Gasteiger charge is 2.34. The second-order valence-electron chi connectivity index (χ2n) is 4.69. The number of hydrogen-bond donors (Lipinski definition) is 1. The van der Waals surface area contributed by atoms with Gasteiger partial charge in [0.05, 0.1) is 10.5 Å². The summed E-state index contributed by atoms with van der Waals surface area (Å²) < 4.78 is 43.1. The molecule has 0 spiro atoms. The molecule has 1 fully saturated rings. The molecule has 1 aliphatic rings. The predicted octanol–water partition coefficient (Wildman–Crippen LogP) is 2.87. The Morgan fingerprint density at radius 1 is 1.35 bits per heavy atom. The first kappa shape index (κ1) is 14.6. The van der Waals surface area contributed by atoms with Gasteiger partial charge in [-0.15, -0.1) is 0 Å². The van der Waals surface area contributed by atoms with Crippen LogP contribution in [0.1, 0.15) is 24.8 Å². The number of ether oxygens (including phenoxy) is 1. The summed E-state index contributed by atoms with van der Waals surface area (Å²) in [6, 6.07) is 1.97. The van der Waals surface area contributed by atoms with E-state index in [0.717, 1.165) is 25.0 Å². The molecule has 0 bridgehead atoms. The largest absolute Gasteiger partial charge is 0.482 e. The van der Waals surface area contributed by atoms with E-state index in [1.807, 2.05) is 0 Å². The molecule has 1 aromatic rings. The quantitative estimate of drug-likeness (QED) is 0.685. The standard InChI is InChI=1S/C12H13F3N2O3/c13-12(14,15)7-4-5-11(9(6-7)17(18)19)20-10-3-1-2-8(10)16/h4-6,8,10H,1-3,16H2. The third kappa shape index (κ3) is 3.01. The van der Waals surface area contributed by atoms with Crippen LogP contribution in [0.25, 0.3) is 0 Å². The van der Waals surface area contributed by atoms with Gasteiger partial charge in [-0.05, 0) is 31.4 Å². The fourth-order valence-corrected chi connectivity index (χ4v) is 2.20. The zero-order valence-electron chi connectivity index (χ0n) is 10.4. The van der Waals surface area contributed by atoms with E-state index in [-0.39, 0.29) is 11.8 Å². The summed E-state index contributed by atoms with van der Waals surface area (Å²) in [6.07, 6.45) is -2.82. The summed E-state index contributed by atoms with van der Waals surface area (Å²) in [7, 11) is 0. The van der Waals surface area contributed by atoms with Gasteiger partial charge in [0.1, 0.15) is 6.10 Å². The normalized spacial score (nSPS) is 22.8. The molecule has 1 aliphatic carbocycles. The van der Waals surface area contributed by atoms with Crippen molar-refractivity contribution < 1.29 is 22.8 Å². The number of benzene rings is 1. The molecular formula is C12H13F3N2O3. The van der Waals surface area contributed by atoms with Crippen LogP contribution in [0.5, 0.6) is 5.75 Å². The Balaban J connectivity index is 2.31. The summed E-state index contributed by atoms with van der Waals surface area (Å²) in [5.74, 6) is -0.176. The van der Waals surface area contributed by atoms with Crippen LogP contribution in [0.4, 0.5) is 18.9 Å². The van der Waals surface area contributed by atoms with Gasteiger partial charge in [0, 0.05) is 12.1 Å². The number of halogens is 3. The average molecular weight is 290 g/mol. The highest BCUT2D eigenvalue weighted by molar-refractivity contribution is 5.49. The van der Waals surface area contributed by atoms with E-state index in [1.165, 1.54) is 0 Å². The number of hydrogen-bond acceptors (Lipinski definition) is 4. The fourth-order valence-electron chi connectivity index (χ4n) is 2.20. The Morgan fingerprint density at radius 3 is 2.55 bits per heavy atom. The molecule has 0 radical (unpaired) electrons. The third-order valence-electron chi connectivity index (χ3n) is 3.26. The van der Waals surface area contributed by atoms with Crippen LogP contribution in [-0.2, 0) is 6.18 Å². The maximum atomic E-state index is 12.5. The molecule has 20 heavy (non-hydrogen) atoms. The van der Waals surface area contributed by atoms with Gasteiger partial charge in [-0.2, -0.15) is 13.2 Å². The molecule has 8 heteroatoms. The Hall–Kier alpha value is -1.83. The van der Waals surface area contributed by atoms with Gasteiger partial charge in [-0.25, -0.2) is 0 Å². The molecule has 5 nitrogen and oxygen atoms in total. The van der Waals surface area contributed by atoms with Crippen molar-refractivity contribution in [2.45, 2.75) is 37.6 Å². The van der Waals surface area contributed by atoms with Crippen LogP contribution in [0.2, 0.25) is 0 Å². The number of alkyl halides is 3. The van der Waals surface area contributed by atoms with Gasteiger partial charge < -0.3 is 10.5 Å². The van der Waals surface area contributed by atoms with E-state index in [2.05, 4.69) is 0 Å². The minimum Gasteiger partial charge on any atom is -0.482 e. The van der Waals surface area contributed by atoms with Crippen LogP contribution < -0.4 is 10.5 Å². The van der Waals surface area contributed by atoms with Gasteiger partial charge in [0.15, 0.2) is 5.75 Å². The lowest BCUT2D eigenvalue weighted by Gasteiger charge is -2.18. The highest BCUT2D eigenvalue weighted by atomic mass is 19.4. The van der Waals surface area contributed by atoms with Crippen molar-refractivity contribution in [3.8, 4) is 5.75 Å². The first-order valence-corrected chi connectivity index (χ1v) is 6.07. The molecule has 0 heterocycles. The van der Waals surface area contributed by atoms with Crippen LogP contribution in [0.15, 0.2) is 18.2 Å². The molecule has 0 amide bonds. The van der Waals surface area contributed by atoms with E-state index in [1.54, 1.807) is 0 Å². The Kier molecular flexibility index (Phi) is 3.85. The van der Waals surface area contributed by atoms with E-state index < -0.39 is 28.5 Å². The summed E-state index contributed by atoms with van der Waals surface area (Å²) in [4.78, 5) is 10.00. The van der Waals surface area contributed by atoms with Gasteiger partial charge >= 0.3 is 11.9 Å². The second-order valence-corrected chi connectivity index (χ2v) is 4.69. The van der Waals surface area contributed by atoms with Gasteiger partial charge in [0.2, 0.25) is 0 Å². The van der Waals surface area contributed by atoms with Crippen LogP contribution in [-0.4, -0.2) is 17.1 Å². The van der Waals surface area contributed by atoms with Crippen molar-refractivity contribution >= 4 is 5.69 Å². The first-order chi connectivity index (χ1) is 9.29. The first-order valence-electron chi connectivity index (χ1n) is 6.07. The minimum atomic E-state index is -4.63. The van der Waals surface area contributed by atoms with E-state index in [4.69, 9.17) is 10.5 Å². The topological polar surface area (TPSA) is 78.4 Å². The van der Waals surface area contributed by atoms with Gasteiger partial charge in [0.25, 0.3) is 0 Å². The van der Waals surface area contributed by atoms with Gasteiger partial charge in [-0.3, -0.25) is 10.1 Å². The smallest absolute Gasteiger partial charge is 0.416 e. The van der Waals surface area contributed by atoms with E-state index in [0.29, 0.717) is 12.5 Å². The summed E-state index contributed by atoms with van der Waals surface area (Å²) in [5, 5.41) is 10.9. The zero-order chi connectivity index (χ0) is 14.9. The number of nitrogens with zero attached hydrogens (tertiary/aromatic N) is 1. The fraction of sp³-hybridized carbons (Fsp3) is 0.500. The van der Waals surface area contributed by atoms with Crippen LogP contribution in [0, 0.1) is 10.1 Å². The minimum absolute atomic E-state index is 0.176. The van der Waals surface area contributed by atoms with Crippen molar-refractivity contribution in [2.24, 2.45) is 5.73 Å². The molecule has 2 rings (SSSR count). The zero-order valence-corrected chi connectivity index (χ0v) is 10.4. The van der Waals surface area contributed by atoms with Crippen molar-refractivity contribution in [1.82, 2.24) is 0 Å². The Bertz CT molecular complexity index is 519. The number of nitro groups is 1. The lowest BCUT2D eigenvalue weighted by atomic mass is 10.1. The predicted molar refractivity (Wildman–Crippen MR) is 64.3 cm³/mol. The molecule has 0 saturated heterocycles. The van der Waals surface area contributed by atoms with Crippen LogP contribution in [0.3, 0.4) is 0 Å². The second kappa shape index (κ2) is 5.28. The summed E-state index contributed by atoms with van der Waals surface area (Å²) >= 11 is 0. The lowest BCUT2D eigenvalue weighted by Crippen LogP contribution is -2.33. The third-order valence-corrected chi connectivity index (χ3v) is 3.26. The summed E-state index contributed by atoms with van der Waals surface area (Å²) in [5.41, 5.74) is 4.01. The van der Waals surface area contributed by atoms with Crippen molar-refractivity contribution in [2.75, 3.05) is 0 Å². The average Bonchev–Trinajstić information content (AvgIpc) is 2.74. The number of nitrogens with two attached hydrogens (primary N) is 1. The maximum Gasteiger partial charge on any atom is 0.416 e. The maximum absolute atomic E-state index is 12.5. The van der Waals surface area contributed by atoms with E-state index in [9.17, 15) is 23.3 Å². The Morgan fingerprint density at radius 2 is 2.05 bits per heavy atom. The molecule has 0 aromatic heterocycles. The Labute approximate surface area is 112 Å². The number of rotatable bonds is 3. The van der Waals surface area contributed by atoms with Crippen molar-refractivity contribution in [1.29, 1.82) is 0 Å². The van der Waals surface area contributed by atoms with Gasteiger partial charge in [-0.1, -0.05) is 0 Å². The SMILES string of the molecule is NC1CCCC1Oc1ccc(C(F)(F)F)cc1[N+](=O)[O-]. The van der Waals surface area contributed by atoms with Crippen LogP contribution >= 0.6 is 0 Å². The molecule has 2 unspecified atom stereocenters. The molecular weight excluding hydrogens is 277 g/mol. The molecule has 0 aliphatic heterocycles.